The predicted octanol–water partition coefficient (Wildman–Crippen LogP) is 0.418. The molecular weight excluding hydrogens is 256 g/mol. The molecule has 20 heavy (non-hydrogen) atoms. The number of hydrogen-bond donors (Lipinski definition) is 3. The molecule has 108 valence electrons. The molecule has 1 heterocycles. The maximum atomic E-state index is 12.2. The minimum absolute atomic E-state index is 0.0404. The Morgan fingerprint density at radius 2 is 2.20 bits per heavy atom. The summed E-state index contributed by atoms with van der Waals surface area (Å²) in [6, 6.07) is 6.75. The summed E-state index contributed by atoms with van der Waals surface area (Å²) in [5.41, 5.74) is 6.93. The number of hydrogen-bond acceptors (Lipinski definition) is 4. The lowest BCUT2D eigenvalue weighted by molar-refractivity contribution is -0.124. The van der Waals surface area contributed by atoms with E-state index in [4.69, 9.17) is 5.73 Å². The summed E-state index contributed by atoms with van der Waals surface area (Å²) in [6.45, 7) is 3.43. The van der Waals surface area contributed by atoms with Gasteiger partial charge in [0, 0.05) is 13.1 Å². The zero-order chi connectivity index (χ0) is 14.5. The molecule has 1 aromatic rings. The summed E-state index contributed by atoms with van der Waals surface area (Å²) in [7, 11) is 0. The Hall–Kier alpha value is -2.08. The molecule has 0 spiro atoms. The van der Waals surface area contributed by atoms with Crippen LogP contribution in [-0.2, 0) is 9.59 Å². The van der Waals surface area contributed by atoms with E-state index >= 15 is 0 Å². The van der Waals surface area contributed by atoms with Crippen LogP contribution in [0.1, 0.15) is 13.3 Å². The smallest absolute Gasteiger partial charge is 0.241 e. The van der Waals surface area contributed by atoms with Gasteiger partial charge in [-0.1, -0.05) is 12.1 Å². The van der Waals surface area contributed by atoms with Gasteiger partial charge in [0.2, 0.25) is 11.8 Å². The van der Waals surface area contributed by atoms with Crippen molar-refractivity contribution in [1.82, 2.24) is 10.2 Å². The normalized spacial score (nSPS) is 17.9. The number of para-hydroxylation sites is 2. The van der Waals surface area contributed by atoms with E-state index in [1.807, 2.05) is 17.0 Å². The molecule has 0 radical (unpaired) electrons. The van der Waals surface area contributed by atoms with Gasteiger partial charge in [-0.25, -0.2) is 0 Å². The van der Waals surface area contributed by atoms with Crippen molar-refractivity contribution < 1.29 is 9.59 Å². The highest BCUT2D eigenvalue weighted by molar-refractivity contribution is 5.97. The van der Waals surface area contributed by atoms with Crippen LogP contribution in [0.15, 0.2) is 24.3 Å². The highest BCUT2D eigenvalue weighted by atomic mass is 16.2. The molecule has 6 heteroatoms. The van der Waals surface area contributed by atoms with Crippen LogP contribution >= 0.6 is 0 Å². The molecule has 1 unspecified atom stereocenters. The lowest BCUT2D eigenvalue weighted by atomic mass is 10.2. The van der Waals surface area contributed by atoms with Crippen LogP contribution in [-0.4, -0.2) is 42.4 Å². The fourth-order valence-corrected chi connectivity index (χ4v) is 2.17. The molecule has 1 atom stereocenters. The van der Waals surface area contributed by atoms with Gasteiger partial charge in [0.1, 0.15) is 0 Å². The first-order chi connectivity index (χ1) is 9.58. The van der Waals surface area contributed by atoms with E-state index in [1.165, 1.54) is 0 Å². The van der Waals surface area contributed by atoms with Crippen LogP contribution in [0.25, 0.3) is 0 Å². The van der Waals surface area contributed by atoms with Gasteiger partial charge in [-0.05, 0) is 25.5 Å². The number of rotatable bonds is 3. The van der Waals surface area contributed by atoms with E-state index in [0.29, 0.717) is 17.9 Å². The zero-order valence-electron chi connectivity index (χ0n) is 11.6. The number of benzene rings is 1. The van der Waals surface area contributed by atoms with E-state index in [1.54, 1.807) is 19.1 Å². The Bertz CT molecular complexity index is 504. The van der Waals surface area contributed by atoms with Crippen molar-refractivity contribution >= 4 is 23.2 Å². The molecule has 2 rings (SSSR count). The van der Waals surface area contributed by atoms with Gasteiger partial charge >= 0.3 is 0 Å². The van der Waals surface area contributed by atoms with Gasteiger partial charge in [-0.15, -0.1) is 0 Å². The second-order valence-corrected chi connectivity index (χ2v) is 4.93. The lowest BCUT2D eigenvalue weighted by Crippen LogP contribution is -2.45. The van der Waals surface area contributed by atoms with Gasteiger partial charge < -0.3 is 16.4 Å². The molecule has 1 aliphatic rings. The van der Waals surface area contributed by atoms with Crippen molar-refractivity contribution in [2.45, 2.75) is 19.4 Å². The molecule has 4 N–H and O–H groups in total. The summed E-state index contributed by atoms with van der Waals surface area (Å²) >= 11 is 0. The number of nitrogen functional groups attached to an aromatic ring is 1. The predicted molar refractivity (Wildman–Crippen MR) is 78.1 cm³/mol. The summed E-state index contributed by atoms with van der Waals surface area (Å²) in [6.07, 6.45) is 0.844. The van der Waals surface area contributed by atoms with Crippen molar-refractivity contribution in [1.29, 1.82) is 0 Å². The van der Waals surface area contributed by atoms with Gasteiger partial charge in [0.15, 0.2) is 0 Å². The number of carbonyl (C=O) groups is 2. The molecule has 0 saturated carbocycles. The Morgan fingerprint density at radius 3 is 2.95 bits per heavy atom. The molecule has 1 aromatic carbocycles. The van der Waals surface area contributed by atoms with E-state index in [0.717, 1.165) is 13.0 Å². The van der Waals surface area contributed by atoms with Crippen molar-refractivity contribution in [2.75, 3.05) is 30.7 Å². The first kappa shape index (κ1) is 14.3. The quantitative estimate of drug-likeness (QED) is 0.698. The number of nitrogens with zero attached hydrogens (tertiary/aromatic N) is 1. The molecule has 0 aromatic heterocycles. The maximum absolute atomic E-state index is 12.2. The van der Waals surface area contributed by atoms with E-state index in [-0.39, 0.29) is 24.4 Å². The van der Waals surface area contributed by atoms with Crippen LogP contribution in [0.2, 0.25) is 0 Å². The highest BCUT2D eigenvalue weighted by Gasteiger charge is 2.25. The van der Waals surface area contributed by atoms with Crippen LogP contribution in [0.4, 0.5) is 11.4 Å². The summed E-state index contributed by atoms with van der Waals surface area (Å²) in [4.78, 5) is 25.6. The molecular formula is C14H20N4O2. The topological polar surface area (TPSA) is 87.5 Å². The standard InChI is InChI=1S/C14H20N4O2/c1-10(18-8-4-7-16-13(19)9-18)14(20)17-12-6-3-2-5-11(12)15/h2-3,5-6,10H,4,7-9,15H2,1H3,(H,16,19)(H,17,20). The summed E-state index contributed by atoms with van der Waals surface area (Å²) in [5.74, 6) is -0.195. The minimum atomic E-state index is -0.376. The Kier molecular flexibility index (Phi) is 4.57. The highest BCUT2D eigenvalue weighted by Crippen LogP contribution is 2.17. The van der Waals surface area contributed by atoms with Crippen LogP contribution in [0.3, 0.4) is 0 Å². The molecule has 6 nitrogen and oxygen atoms in total. The molecule has 1 saturated heterocycles. The number of amides is 2. The van der Waals surface area contributed by atoms with Gasteiger partial charge in [-0.3, -0.25) is 14.5 Å². The van der Waals surface area contributed by atoms with Crippen LogP contribution < -0.4 is 16.4 Å². The molecule has 2 amide bonds. The van der Waals surface area contributed by atoms with Gasteiger partial charge in [0.05, 0.1) is 24.0 Å². The van der Waals surface area contributed by atoms with Gasteiger partial charge in [-0.2, -0.15) is 0 Å². The number of nitrogens with two attached hydrogens (primary N) is 1. The van der Waals surface area contributed by atoms with E-state index in [2.05, 4.69) is 10.6 Å². The zero-order valence-corrected chi connectivity index (χ0v) is 11.6. The average Bonchev–Trinajstić information content (AvgIpc) is 2.65. The molecule has 1 aliphatic heterocycles. The first-order valence-electron chi connectivity index (χ1n) is 6.74. The monoisotopic (exact) mass is 276 g/mol. The third kappa shape index (κ3) is 3.48. The van der Waals surface area contributed by atoms with E-state index < -0.39 is 0 Å². The van der Waals surface area contributed by atoms with Crippen molar-refractivity contribution in [3.8, 4) is 0 Å². The number of anilines is 2. The second-order valence-electron chi connectivity index (χ2n) is 4.93. The third-order valence-corrected chi connectivity index (χ3v) is 3.44. The third-order valence-electron chi connectivity index (χ3n) is 3.44. The maximum Gasteiger partial charge on any atom is 0.241 e. The molecule has 0 bridgehead atoms. The van der Waals surface area contributed by atoms with Crippen LogP contribution in [0.5, 0.6) is 0 Å². The fourth-order valence-electron chi connectivity index (χ4n) is 2.17. The fraction of sp³-hybridized carbons (Fsp3) is 0.429. The Balaban J connectivity index is 2.01. The number of carbonyl (C=O) groups excluding carboxylic acids is 2. The summed E-state index contributed by atoms with van der Waals surface area (Å²) < 4.78 is 0. The molecule has 1 fully saturated rings. The van der Waals surface area contributed by atoms with Crippen molar-refractivity contribution in [3.05, 3.63) is 24.3 Å². The SMILES string of the molecule is CC(C(=O)Nc1ccccc1N)N1CCCNC(=O)C1. The second kappa shape index (κ2) is 6.38. The van der Waals surface area contributed by atoms with Gasteiger partial charge in [0.25, 0.3) is 0 Å². The molecule has 0 aliphatic carbocycles. The lowest BCUT2D eigenvalue weighted by Gasteiger charge is -2.25. The van der Waals surface area contributed by atoms with E-state index in [9.17, 15) is 9.59 Å². The van der Waals surface area contributed by atoms with Crippen LogP contribution in [0, 0.1) is 0 Å². The largest absolute Gasteiger partial charge is 0.397 e. The average molecular weight is 276 g/mol. The summed E-state index contributed by atoms with van der Waals surface area (Å²) in [5, 5.41) is 5.60. The minimum Gasteiger partial charge on any atom is -0.397 e. The van der Waals surface area contributed by atoms with Crippen molar-refractivity contribution in [3.63, 3.8) is 0 Å². The Labute approximate surface area is 118 Å². The van der Waals surface area contributed by atoms with Crippen molar-refractivity contribution in [2.24, 2.45) is 0 Å². The first-order valence-corrected chi connectivity index (χ1v) is 6.74. The Morgan fingerprint density at radius 1 is 1.45 bits per heavy atom. The number of nitrogens with one attached hydrogen (secondary N) is 2.